The number of fused-ring (bicyclic) bond motifs is 1. The largest absolute Gasteiger partial charge is 0.387 e. The number of carbonyl (C=O) groups excluding carboxylic acids is 1. The summed E-state index contributed by atoms with van der Waals surface area (Å²) in [6.45, 7) is 3.15. The standard InChI is InChI=1S/C16H21N3O2/c1-2-15-17-13-5-3-4-6-14(13)19(15)12-7-9-18(10-8-12)16(21)11-20/h3-6,12,20H,2,7-11H2,1H3. The molecule has 1 saturated heterocycles. The number of nitrogens with zero attached hydrogens (tertiary/aromatic N) is 3. The van der Waals surface area contributed by atoms with Crippen LogP contribution in [0, 0.1) is 0 Å². The SMILES string of the molecule is CCc1nc2ccccc2n1C1CCN(C(=O)CO)CC1. The highest BCUT2D eigenvalue weighted by molar-refractivity contribution is 5.77. The highest BCUT2D eigenvalue weighted by Crippen LogP contribution is 2.29. The van der Waals surface area contributed by atoms with Gasteiger partial charge in [0.05, 0.1) is 11.0 Å². The van der Waals surface area contributed by atoms with E-state index in [0.717, 1.165) is 30.6 Å². The fourth-order valence-electron chi connectivity index (χ4n) is 3.22. The number of hydrogen-bond acceptors (Lipinski definition) is 3. The molecule has 1 aromatic heterocycles. The number of aromatic nitrogens is 2. The first kappa shape index (κ1) is 14.1. The lowest BCUT2D eigenvalue weighted by Crippen LogP contribution is -2.40. The zero-order valence-electron chi connectivity index (χ0n) is 12.3. The second-order valence-corrected chi connectivity index (χ2v) is 5.51. The Balaban J connectivity index is 1.86. The molecule has 0 radical (unpaired) electrons. The van der Waals surface area contributed by atoms with Crippen molar-refractivity contribution in [3.05, 3.63) is 30.1 Å². The third-order valence-electron chi connectivity index (χ3n) is 4.30. The maximum absolute atomic E-state index is 11.6. The van der Waals surface area contributed by atoms with Crippen molar-refractivity contribution in [3.63, 3.8) is 0 Å². The van der Waals surface area contributed by atoms with Crippen LogP contribution >= 0.6 is 0 Å². The van der Waals surface area contributed by atoms with Gasteiger partial charge < -0.3 is 14.6 Å². The first-order chi connectivity index (χ1) is 10.2. The Labute approximate surface area is 124 Å². The van der Waals surface area contributed by atoms with Crippen molar-refractivity contribution in [2.24, 2.45) is 0 Å². The van der Waals surface area contributed by atoms with Gasteiger partial charge in [0.25, 0.3) is 0 Å². The molecule has 3 rings (SSSR count). The number of rotatable bonds is 3. The van der Waals surface area contributed by atoms with Crippen molar-refractivity contribution in [3.8, 4) is 0 Å². The summed E-state index contributed by atoms with van der Waals surface area (Å²) in [4.78, 5) is 18.0. The smallest absolute Gasteiger partial charge is 0.248 e. The number of amides is 1. The molecule has 2 aromatic rings. The molecule has 112 valence electrons. The number of aliphatic hydroxyl groups excluding tert-OH is 1. The summed E-state index contributed by atoms with van der Waals surface area (Å²) < 4.78 is 2.34. The molecule has 0 bridgehead atoms. The molecule has 2 heterocycles. The zero-order chi connectivity index (χ0) is 14.8. The maximum atomic E-state index is 11.6. The predicted octanol–water partition coefficient (Wildman–Crippen LogP) is 1.75. The second kappa shape index (κ2) is 5.85. The number of imidazole rings is 1. The van der Waals surface area contributed by atoms with Crippen LogP contribution in [0.1, 0.15) is 31.6 Å². The van der Waals surface area contributed by atoms with E-state index in [9.17, 15) is 4.79 Å². The molecule has 0 atom stereocenters. The number of carbonyl (C=O) groups is 1. The summed E-state index contributed by atoms with van der Waals surface area (Å²) >= 11 is 0. The monoisotopic (exact) mass is 287 g/mol. The van der Waals surface area contributed by atoms with E-state index in [1.165, 1.54) is 5.52 Å². The molecule has 1 aromatic carbocycles. The minimum atomic E-state index is -0.390. The lowest BCUT2D eigenvalue weighted by atomic mass is 10.0. The van der Waals surface area contributed by atoms with Crippen LogP contribution < -0.4 is 0 Å². The van der Waals surface area contributed by atoms with Crippen LogP contribution in [0.4, 0.5) is 0 Å². The van der Waals surface area contributed by atoms with Gasteiger partial charge in [-0.05, 0) is 25.0 Å². The first-order valence-corrected chi connectivity index (χ1v) is 7.59. The maximum Gasteiger partial charge on any atom is 0.248 e. The Morgan fingerprint density at radius 2 is 2.05 bits per heavy atom. The van der Waals surface area contributed by atoms with E-state index in [4.69, 9.17) is 10.1 Å². The minimum Gasteiger partial charge on any atom is -0.387 e. The molecular weight excluding hydrogens is 266 g/mol. The van der Waals surface area contributed by atoms with E-state index in [0.29, 0.717) is 19.1 Å². The van der Waals surface area contributed by atoms with Crippen molar-refractivity contribution in [1.29, 1.82) is 0 Å². The summed E-state index contributed by atoms with van der Waals surface area (Å²) in [5.41, 5.74) is 2.23. The van der Waals surface area contributed by atoms with Gasteiger partial charge >= 0.3 is 0 Å². The van der Waals surface area contributed by atoms with Crippen LogP contribution in [0.15, 0.2) is 24.3 Å². The average molecular weight is 287 g/mol. The van der Waals surface area contributed by atoms with E-state index in [1.807, 2.05) is 12.1 Å². The van der Waals surface area contributed by atoms with E-state index in [-0.39, 0.29) is 12.5 Å². The molecule has 1 aliphatic heterocycles. The Hall–Kier alpha value is -1.88. The summed E-state index contributed by atoms with van der Waals surface area (Å²) in [6, 6.07) is 8.61. The molecule has 0 spiro atoms. The summed E-state index contributed by atoms with van der Waals surface area (Å²) in [5.74, 6) is 0.947. The summed E-state index contributed by atoms with van der Waals surface area (Å²) in [5, 5.41) is 8.95. The molecule has 1 N–H and O–H groups in total. The Morgan fingerprint density at radius 3 is 2.71 bits per heavy atom. The number of aryl methyl sites for hydroxylation is 1. The average Bonchev–Trinajstić information content (AvgIpc) is 2.92. The molecule has 5 nitrogen and oxygen atoms in total. The molecule has 1 fully saturated rings. The normalized spacial score (nSPS) is 16.6. The number of likely N-dealkylation sites (tertiary alicyclic amines) is 1. The van der Waals surface area contributed by atoms with Gasteiger partial charge in [-0.1, -0.05) is 19.1 Å². The molecule has 0 unspecified atom stereocenters. The van der Waals surface area contributed by atoms with E-state index >= 15 is 0 Å². The van der Waals surface area contributed by atoms with Crippen LogP contribution in [0.2, 0.25) is 0 Å². The molecule has 5 heteroatoms. The van der Waals surface area contributed by atoms with Crippen LogP contribution in [0.5, 0.6) is 0 Å². The summed E-state index contributed by atoms with van der Waals surface area (Å²) in [7, 11) is 0. The van der Waals surface area contributed by atoms with Crippen molar-refractivity contribution in [2.45, 2.75) is 32.2 Å². The first-order valence-electron chi connectivity index (χ1n) is 7.59. The summed E-state index contributed by atoms with van der Waals surface area (Å²) in [6.07, 6.45) is 2.74. The Bertz CT molecular complexity index is 642. The van der Waals surface area contributed by atoms with Gasteiger partial charge in [0.1, 0.15) is 12.4 Å². The van der Waals surface area contributed by atoms with Crippen molar-refractivity contribution in [2.75, 3.05) is 19.7 Å². The van der Waals surface area contributed by atoms with Crippen LogP contribution in [0.3, 0.4) is 0 Å². The third kappa shape index (κ3) is 2.53. The minimum absolute atomic E-state index is 0.167. The molecule has 0 aliphatic carbocycles. The van der Waals surface area contributed by atoms with Crippen molar-refractivity contribution >= 4 is 16.9 Å². The fraction of sp³-hybridized carbons (Fsp3) is 0.500. The number of benzene rings is 1. The highest BCUT2D eigenvalue weighted by Gasteiger charge is 2.25. The molecule has 1 aliphatic rings. The lowest BCUT2D eigenvalue weighted by Gasteiger charge is -2.33. The Kier molecular flexibility index (Phi) is 3.92. The van der Waals surface area contributed by atoms with E-state index in [2.05, 4.69) is 23.6 Å². The molecular formula is C16H21N3O2. The predicted molar refractivity (Wildman–Crippen MR) is 81.0 cm³/mol. The second-order valence-electron chi connectivity index (χ2n) is 5.51. The van der Waals surface area contributed by atoms with Crippen LogP contribution in [0.25, 0.3) is 11.0 Å². The van der Waals surface area contributed by atoms with E-state index in [1.54, 1.807) is 4.90 Å². The number of para-hydroxylation sites is 2. The van der Waals surface area contributed by atoms with Crippen LogP contribution in [-0.2, 0) is 11.2 Å². The van der Waals surface area contributed by atoms with Gasteiger partial charge in [0.2, 0.25) is 5.91 Å². The van der Waals surface area contributed by atoms with Crippen molar-refractivity contribution < 1.29 is 9.90 Å². The van der Waals surface area contributed by atoms with Crippen LogP contribution in [-0.4, -0.2) is 45.2 Å². The quantitative estimate of drug-likeness (QED) is 0.935. The van der Waals surface area contributed by atoms with Gasteiger partial charge in [0, 0.05) is 25.6 Å². The number of piperidine rings is 1. The zero-order valence-corrected chi connectivity index (χ0v) is 12.3. The highest BCUT2D eigenvalue weighted by atomic mass is 16.3. The molecule has 0 saturated carbocycles. The number of aliphatic hydroxyl groups is 1. The topological polar surface area (TPSA) is 58.4 Å². The lowest BCUT2D eigenvalue weighted by molar-refractivity contribution is -0.135. The van der Waals surface area contributed by atoms with E-state index < -0.39 is 0 Å². The molecule has 1 amide bonds. The van der Waals surface area contributed by atoms with Crippen molar-refractivity contribution in [1.82, 2.24) is 14.5 Å². The molecule has 21 heavy (non-hydrogen) atoms. The Morgan fingerprint density at radius 1 is 1.33 bits per heavy atom. The van der Waals surface area contributed by atoms with Gasteiger partial charge in [-0.2, -0.15) is 0 Å². The fourth-order valence-corrected chi connectivity index (χ4v) is 3.22. The third-order valence-corrected chi connectivity index (χ3v) is 4.30. The van der Waals surface area contributed by atoms with Gasteiger partial charge in [0.15, 0.2) is 0 Å². The van der Waals surface area contributed by atoms with Gasteiger partial charge in [-0.3, -0.25) is 4.79 Å². The van der Waals surface area contributed by atoms with Gasteiger partial charge in [-0.15, -0.1) is 0 Å². The van der Waals surface area contributed by atoms with Gasteiger partial charge in [-0.25, -0.2) is 4.98 Å². The number of hydrogen-bond donors (Lipinski definition) is 1.